The van der Waals surface area contributed by atoms with Gasteiger partial charge in [0.2, 0.25) is 0 Å². The Morgan fingerprint density at radius 1 is 1.28 bits per heavy atom. The third-order valence-electron chi connectivity index (χ3n) is 2.05. The van der Waals surface area contributed by atoms with Gasteiger partial charge in [-0.3, -0.25) is 0 Å². The lowest BCUT2D eigenvalue weighted by molar-refractivity contribution is -0.127. The Morgan fingerprint density at radius 2 is 1.83 bits per heavy atom. The molecule has 100 valence electrons. The number of rotatable bonds is 3. The first kappa shape index (κ1) is 14.5. The summed E-state index contributed by atoms with van der Waals surface area (Å²) in [5.74, 6) is -1.48. The number of carboxylic acid groups (broad SMARTS) is 1. The van der Waals surface area contributed by atoms with Crippen molar-refractivity contribution in [2.75, 3.05) is 6.26 Å². The summed E-state index contributed by atoms with van der Waals surface area (Å²) in [6.07, 6.45) is -5.12. The second kappa shape index (κ2) is 4.60. The molecular weight excluding hydrogens is 273 g/mol. The highest BCUT2D eigenvalue weighted by atomic mass is 32.2. The second-order valence-corrected chi connectivity index (χ2v) is 5.75. The lowest BCUT2D eigenvalue weighted by Crippen LogP contribution is -2.13. The summed E-state index contributed by atoms with van der Waals surface area (Å²) in [5.41, 5.74) is -0.889. The molecule has 1 N–H and O–H groups in total. The van der Waals surface area contributed by atoms with Crippen LogP contribution in [0.15, 0.2) is 23.1 Å². The Kier molecular flexibility index (Phi) is 3.70. The van der Waals surface area contributed by atoms with Crippen LogP contribution in [-0.2, 0) is 16.3 Å². The normalized spacial score (nSPS) is 12.4. The van der Waals surface area contributed by atoms with Crippen molar-refractivity contribution >= 4 is 15.8 Å². The van der Waals surface area contributed by atoms with Crippen molar-refractivity contribution < 1.29 is 31.5 Å². The molecular formula is C10H9F3O4S. The number of carbonyl (C=O) groups is 1. The number of carboxylic acids is 1. The zero-order valence-electron chi connectivity index (χ0n) is 9.15. The van der Waals surface area contributed by atoms with E-state index in [2.05, 4.69) is 0 Å². The topological polar surface area (TPSA) is 71.4 Å². The van der Waals surface area contributed by atoms with Gasteiger partial charge in [0.25, 0.3) is 0 Å². The third kappa shape index (κ3) is 4.02. The fourth-order valence-corrected chi connectivity index (χ4v) is 2.04. The molecule has 1 aromatic carbocycles. The molecule has 0 aliphatic rings. The van der Waals surface area contributed by atoms with E-state index in [0.29, 0.717) is 0 Å². The highest BCUT2D eigenvalue weighted by molar-refractivity contribution is 7.90. The quantitative estimate of drug-likeness (QED) is 0.919. The van der Waals surface area contributed by atoms with Crippen LogP contribution in [0, 0.1) is 0 Å². The van der Waals surface area contributed by atoms with Crippen molar-refractivity contribution in [3.8, 4) is 0 Å². The molecule has 0 unspecified atom stereocenters. The van der Waals surface area contributed by atoms with Gasteiger partial charge in [0, 0.05) is 6.26 Å². The molecule has 0 aromatic heterocycles. The molecule has 0 bridgehead atoms. The lowest BCUT2D eigenvalue weighted by Gasteiger charge is -2.09. The van der Waals surface area contributed by atoms with E-state index in [1.165, 1.54) is 0 Å². The van der Waals surface area contributed by atoms with E-state index in [-0.39, 0.29) is 0 Å². The fraction of sp³-hybridized carbons (Fsp3) is 0.300. The molecule has 0 spiro atoms. The molecule has 0 atom stereocenters. The summed E-state index contributed by atoms with van der Waals surface area (Å²) in [6.45, 7) is 0. The zero-order valence-corrected chi connectivity index (χ0v) is 9.97. The third-order valence-corrected chi connectivity index (χ3v) is 3.14. The Labute approximate surface area is 101 Å². The molecule has 4 nitrogen and oxygen atoms in total. The summed E-state index contributed by atoms with van der Waals surface area (Å²) in [4.78, 5) is 10.3. The number of aromatic carboxylic acids is 1. The first-order chi connectivity index (χ1) is 7.99. The van der Waals surface area contributed by atoms with Gasteiger partial charge in [0.15, 0.2) is 9.84 Å². The maximum Gasteiger partial charge on any atom is 0.393 e. The maximum atomic E-state index is 12.2. The Hall–Kier alpha value is -1.57. The molecule has 0 heterocycles. The van der Waals surface area contributed by atoms with Gasteiger partial charge in [-0.1, -0.05) is 0 Å². The van der Waals surface area contributed by atoms with Crippen LogP contribution in [0.2, 0.25) is 0 Å². The summed E-state index contributed by atoms with van der Waals surface area (Å²) in [7, 11) is -3.77. The van der Waals surface area contributed by atoms with Crippen LogP contribution < -0.4 is 0 Å². The molecule has 1 rings (SSSR count). The van der Waals surface area contributed by atoms with Crippen LogP contribution in [0.3, 0.4) is 0 Å². The number of benzene rings is 1. The SMILES string of the molecule is CS(=O)(=O)c1cc(CC(F)(F)F)cc(C(=O)O)c1. The van der Waals surface area contributed by atoms with Crippen molar-refractivity contribution in [3.05, 3.63) is 29.3 Å². The Bertz CT molecular complexity index is 575. The monoisotopic (exact) mass is 282 g/mol. The van der Waals surface area contributed by atoms with Gasteiger partial charge in [-0.25, -0.2) is 13.2 Å². The average Bonchev–Trinajstić information content (AvgIpc) is 2.12. The van der Waals surface area contributed by atoms with Crippen LogP contribution in [0.5, 0.6) is 0 Å². The Morgan fingerprint density at radius 3 is 2.22 bits per heavy atom. The molecule has 0 saturated carbocycles. The molecule has 0 aliphatic carbocycles. The van der Waals surface area contributed by atoms with Crippen LogP contribution >= 0.6 is 0 Å². The Balaban J connectivity index is 3.36. The van der Waals surface area contributed by atoms with Gasteiger partial charge in [-0.2, -0.15) is 13.2 Å². The van der Waals surface area contributed by atoms with E-state index in [1.807, 2.05) is 0 Å². The van der Waals surface area contributed by atoms with Crippen molar-refractivity contribution in [1.29, 1.82) is 0 Å². The number of hydrogen-bond donors (Lipinski definition) is 1. The van der Waals surface area contributed by atoms with Gasteiger partial charge in [0.1, 0.15) is 0 Å². The van der Waals surface area contributed by atoms with E-state index in [0.717, 1.165) is 24.5 Å². The van der Waals surface area contributed by atoms with E-state index < -0.39 is 44.4 Å². The first-order valence-corrected chi connectivity index (χ1v) is 6.52. The minimum Gasteiger partial charge on any atom is -0.478 e. The fourth-order valence-electron chi connectivity index (χ4n) is 1.33. The molecule has 8 heteroatoms. The number of hydrogen-bond acceptors (Lipinski definition) is 3. The minimum absolute atomic E-state index is 0.400. The van der Waals surface area contributed by atoms with Gasteiger partial charge >= 0.3 is 12.1 Å². The van der Waals surface area contributed by atoms with Crippen molar-refractivity contribution in [1.82, 2.24) is 0 Å². The zero-order chi connectivity index (χ0) is 14.1. The van der Waals surface area contributed by atoms with Gasteiger partial charge < -0.3 is 5.11 Å². The van der Waals surface area contributed by atoms with Crippen LogP contribution in [-0.4, -0.2) is 31.9 Å². The van der Waals surface area contributed by atoms with E-state index in [9.17, 15) is 26.4 Å². The largest absolute Gasteiger partial charge is 0.478 e. The summed E-state index contributed by atoms with van der Waals surface area (Å²) in [6, 6.07) is 2.47. The molecule has 0 amide bonds. The predicted octanol–water partition coefficient (Wildman–Crippen LogP) is 1.89. The summed E-state index contributed by atoms with van der Waals surface area (Å²) < 4.78 is 59.1. The van der Waals surface area contributed by atoms with Crippen molar-refractivity contribution in [3.63, 3.8) is 0 Å². The standard InChI is InChI=1S/C10H9F3O4S/c1-18(16,17)8-3-6(5-10(11,12)13)2-7(4-8)9(14)15/h2-4H,5H2,1H3,(H,14,15). The van der Waals surface area contributed by atoms with Crippen LogP contribution in [0.1, 0.15) is 15.9 Å². The number of sulfone groups is 1. The minimum atomic E-state index is -4.54. The summed E-state index contributed by atoms with van der Waals surface area (Å²) >= 11 is 0. The van der Waals surface area contributed by atoms with Gasteiger partial charge in [-0.05, 0) is 23.8 Å². The number of halogens is 3. The van der Waals surface area contributed by atoms with E-state index in [1.54, 1.807) is 0 Å². The van der Waals surface area contributed by atoms with Crippen molar-refractivity contribution in [2.24, 2.45) is 0 Å². The predicted molar refractivity (Wildman–Crippen MR) is 56.3 cm³/mol. The maximum absolute atomic E-state index is 12.2. The molecule has 0 saturated heterocycles. The van der Waals surface area contributed by atoms with Crippen LogP contribution in [0.4, 0.5) is 13.2 Å². The lowest BCUT2D eigenvalue weighted by atomic mass is 10.1. The number of alkyl halides is 3. The molecule has 18 heavy (non-hydrogen) atoms. The average molecular weight is 282 g/mol. The smallest absolute Gasteiger partial charge is 0.393 e. The van der Waals surface area contributed by atoms with Gasteiger partial charge in [-0.15, -0.1) is 0 Å². The molecule has 1 aromatic rings. The molecule has 0 radical (unpaired) electrons. The van der Waals surface area contributed by atoms with Crippen LogP contribution in [0.25, 0.3) is 0 Å². The molecule has 0 fully saturated rings. The highest BCUT2D eigenvalue weighted by Gasteiger charge is 2.28. The van der Waals surface area contributed by atoms with Crippen molar-refractivity contribution in [2.45, 2.75) is 17.5 Å². The molecule has 0 aliphatic heterocycles. The van der Waals surface area contributed by atoms with E-state index in [4.69, 9.17) is 5.11 Å². The first-order valence-electron chi connectivity index (χ1n) is 4.63. The highest BCUT2D eigenvalue weighted by Crippen LogP contribution is 2.24. The second-order valence-electron chi connectivity index (χ2n) is 3.73. The van der Waals surface area contributed by atoms with Gasteiger partial charge in [0.05, 0.1) is 16.9 Å². The van der Waals surface area contributed by atoms with E-state index >= 15 is 0 Å². The summed E-state index contributed by atoms with van der Waals surface area (Å²) in [5, 5.41) is 8.72.